The van der Waals surface area contributed by atoms with Gasteiger partial charge < -0.3 is 24.8 Å². The molecule has 1 aliphatic carbocycles. The topological polar surface area (TPSA) is 85.9 Å². The second kappa shape index (κ2) is 10.4. The predicted octanol–water partition coefficient (Wildman–Crippen LogP) is 4.34. The van der Waals surface area contributed by atoms with E-state index in [-0.39, 0.29) is 23.8 Å². The molecule has 1 fully saturated rings. The molecule has 0 aliphatic heterocycles. The molecule has 1 saturated carbocycles. The van der Waals surface area contributed by atoms with E-state index in [0.29, 0.717) is 28.5 Å². The van der Waals surface area contributed by atoms with Gasteiger partial charge in [-0.05, 0) is 55.9 Å². The standard InChI is InChI=1S/C25H32N2O5/c1-15(2)22(32-20-12-7-6-9-16(20)3)25(29)27-19-13-17(14-21(30-4)23(19)31-5)24(28)26-18-10-8-11-18/h6-7,9,12-15,18,22H,8,10-11H2,1-5H3,(H,26,28)(H,27,29). The van der Waals surface area contributed by atoms with Crippen molar-refractivity contribution in [2.75, 3.05) is 19.5 Å². The average Bonchev–Trinajstić information content (AvgIpc) is 2.74. The summed E-state index contributed by atoms with van der Waals surface area (Å²) >= 11 is 0. The molecule has 2 aromatic carbocycles. The van der Waals surface area contributed by atoms with Gasteiger partial charge in [0.2, 0.25) is 0 Å². The summed E-state index contributed by atoms with van der Waals surface area (Å²) in [5.74, 6) is 0.736. The largest absolute Gasteiger partial charge is 0.493 e. The summed E-state index contributed by atoms with van der Waals surface area (Å²) < 4.78 is 17.0. The summed E-state index contributed by atoms with van der Waals surface area (Å²) in [5, 5.41) is 5.89. The molecule has 32 heavy (non-hydrogen) atoms. The van der Waals surface area contributed by atoms with Crippen molar-refractivity contribution in [3.05, 3.63) is 47.5 Å². The van der Waals surface area contributed by atoms with E-state index in [2.05, 4.69) is 10.6 Å². The third kappa shape index (κ3) is 5.33. The molecule has 7 nitrogen and oxygen atoms in total. The summed E-state index contributed by atoms with van der Waals surface area (Å²) in [7, 11) is 2.99. The number of rotatable bonds is 9. The second-order valence-corrected chi connectivity index (χ2v) is 8.40. The lowest BCUT2D eigenvalue weighted by Crippen LogP contribution is -2.39. The van der Waals surface area contributed by atoms with Crippen LogP contribution in [0.4, 0.5) is 5.69 Å². The van der Waals surface area contributed by atoms with E-state index in [0.717, 1.165) is 24.8 Å². The first-order valence-electron chi connectivity index (χ1n) is 10.9. The number of ether oxygens (including phenoxy) is 3. The van der Waals surface area contributed by atoms with Crippen molar-refractivity contribution in [3.63, 3.8) is 0 Å². The Hall–Kier alpha value is -3.22. The molecule has 2 aromatic rings. The molecule has 2 N–H and O–H groups in total. The lowest BCUT2D eigenvalue weighted by molar-refractivity contribution is -0.124. The third-order valence-electron chi connectivity index (χ3n) is 5.65. The van der Waals surface area contributed by atoms with Crippen LogP contribution in [0.2, 0.25) is 0 Å². The van der Waals surface area contributed by atoms with Gasteiger partial charge in [-0.15, -0.1) is 0 Å². The van der Waals surface area contributed by atoms with Crippen LogP contribution >= 0.6 is 0 Å². The number of carbonyl (C=O) groups is 2. The minimum atomic E-state index is -0.737. The molecule has 0 bridgehead atoms. The highest BCUT2D eigenvalue weighted by Gasteiger charge is 2.28. The first-order valence-corrected chi connectivity index (χ1v) is 10.9. The Labute approximate surface area is 189 Å². The Morgan fingerprint density at radius 1 is 1.03 bits per heavy atom. The van der Waals surface area contributed by atoms with Crippen molar-refractivity contribution in [3.8, 4) is 17.2 Å². The normalized spacial score (nSPS) is 14.3. The summed E-state index contributed by atoms with van der Waals surface area (Å²) in [5.41, 5.74) is 1.69. The van der Waals surface area contributed by atoms with Crippen molar-refractivity contribution in [1.82, 2.24) is 5.32 Å². The van der Waals surface area contributed by atoms with Gasteiger partial charge in [-0.1, -0.05) is 32.0 Å². The van der Waals surface area contributed by atoms with Crippen LogP contribution in [-0.2, 0) is 4.79 Å². The molecule has 3 rings (SSSR count). The van der Waals surface area contributed by atoms with Crippen molar-refractivity contribution < 1.29 is 23.8 Å². The van der Waals surface area contributed by atoms with E-state index in [4.69, 9.17) is 14.2 Å². The Bertz CT molecular complexity index is 969. The fourth-order valence-electron chi connectivity index (χ4n) is 3.53. The Morgan fingerprint density at radius 3 is 2.31 bits per heavy atom. The van der Waals surface area contributed by atoms with Crippen LogP contribution in [0.5, 0.6) is 17.2 Å². The van der Waals surface area contributed by atoms with Crippen LogP contribution < -0.4 is 24.8 Å². The number of nitrogens with one attached hydrogen (secondary N) is 2. The zero-order chi connectivity index (χ0) is 23.3. The molecule has 7 heteroatoms. The molecular formula is C25H32N2O5. The molecule has 0 spiro atoms. The quantitative estimate of drug-likeness (QED) is 0.606. The first-order chi connectivity index (χ1) is 15.3. The second-order valence-electron chi connectivity index (χ2n) is 8.40. The molecule has 172 valence electrons. The highest BCUT2D eigenvalue weighted by molar-refractivity contribution is 6.00. The molecule has 0 heterocycles. The van der Waals surface area contributed by atoms with Crippen LogP contribution in [0.1, 0.15) is 49.0 Å². The van der Waals surface area contributed by atoms with Gasteiger partial charge in [0.1, 0.15) is 5.75 Å². The fourth-order valence-corrected chi connectivity index (χ4v) is 3.53. The molecule has 0 saturated heterocycles. The van der Waals surface area contributed by atoms with E-state index in [1.807, 2.05) is 45.0 Å². The number of hydrogen-bond donors (Lipinski definition) is 2. The highest BCUT2D eigenvalue weighted by Crippen LogP contribution is 2.37. The Balaban J connectivity index is 1.87. The van der Waals surface area contributed by atoms with Gasteiger partial charge in [-0.25, -0.2) is 0 Å². The number of para-hydroxylation sites is 1. The number of amides is 2. The lowest BCUT2D eigenvalue weighted by Gasteiger charge is -2.27. The van der Waals surface area contributed by atoms with Gasteiger partial charge in [0.25, 0.3) is 11.8 Å². The number of hydrogen-bond acceptors (Lipinski definition) is 5. The average molecular weight is 441 g/mol. The fraction of sp³-hybridized carbons (Fsp3) is 0.440. The maximum absolute atomic E-state index is 13.2. The number of methoxy groups -OCH3 is 2. The van der Waals surface area contributed by atoms with Crippen molar-refractivity contribution in [2.24, 2.45) is 5.92 Å². The number of benzene rings is 2. The SMILES string of the molecule is COc1cc(C(=O)NC2CCC2)cc(NC(=O)C(Oc2ccccc2C)C(C)C)c1OC. The third-order valence-corrected chi connectivity index (χ3v) is 5.65. The lowest BCUT2D eigenvalue weighted by atomic mass is 9.93. The summed E-state index contributed by atoms with van der Waals surface area (Å²) in [6, 6.07) is 11.0. The zero-order valence-corrected chi connectivity index (χ0v) is 19.4. The molecule has 1 unspecified atom stereocenters. The van der Waals surface area contributed by atoms with Crippen molar-refractivity contribution in [2.45, 2.75) is 52.2 Å². The minimum Gasteiger partial charge on any atom is -0.493 e. The van der Waals surface area contributed by atoms with Gasteiger partial charge in [-0.2, -0.15) is 0 Å². The molecule has 2 amide bonds. The van der Waals surface area contributed by atoms with Gasteiger partial charge in [0.05, 0.1) is 19.9 Å². The van der Waals surface area contributed by atoms with Crippen LogP contribution in [0, 0.1) is 12.8 Å². The molecule has 0 radical (unpaired) electrons. The van der Waals surface area contributed by atoms with Gasteiger partial charge in [0, 0.05) is 11.6 Å². The van der Waals surface area contributed by atoms with Crippen LogP contribution in [-0.4, -0.2) is 38.2 Å². The maximum atomic E-state index is 13.2. The predicted molar refractivity (Wildman–Crippen MR) is 124 cm³/mol. The summed E-state index contributed by atoms with van der Waals surface area (Å²) in [6.07, 6.45) is 2.35. The number of aryl methyl sites for hydroxylation is 1. The van der Waals surface area contributed by atoms with Gasteiger partial charge in [0.15, 0.2) is 17.6 Å². The Morgan fingerprint density at radius 2 is 1.75 bits per heavy atom. The van der Waals surface area contributed by atoms with Crippen LogP contribution in [0.3, 0.4) is 0 Å². The van der Waals surface area contributed by atoms with Gasteiger partial charge >= 0.3 is 0 Å². The van der Waals surface area contributed by atoms with Crippen LogP contribution in [0.25, 0.3) is 0 Å². The summed E-state index contributed by atoms with van der Waals surface area (Å²) in [6.45, 7) is 5.77. The number of anilines is 1. The van der Waals surface area contributed by atoms with Crippen molar-refractivity contribution >= 4 is 17.5 Å². The molecule has 0 aromatic heterocycles. The monoisotopic (exact) mass is 440 g/mol. The smallest absolute Gasteiger partial charge is 0.265 e. The molecule has 1 aliphatic rings. The van der Waals surface area contributed by atoms with E-state index >= 15 is 0 Å². The first kappa shape index (κ1) is 23.4. The van der Waals surface area contributed by atoms with E-state index in [1.54, 1.807) is 12.1 Å². The number of carbonyl (C=O) groups excluding carboxylic acids is 2. The van der Waals surface area contributed by atoms with Crippen LogP contribution in [0.15, 0.2) is 36.4 Å². The zero-order valence-electron chi connectivity index (χ0n) is 19.4. The van der Waals surface area contributed by atoms with E-state index in [9.17, 15) is 9.59 Å². The van der Waals surface area contributed by atoms with E-state index in [1.165, 1.54) is 14.2 Å². The summed E-state index contributed by atoms with van der Waals surface area (Å²) in [4.78, 5) is 25.9. The Kier molecular flexibility index (Phi) is 7.62. The molecule has 1 atom stereocenters. The maximum Gasteiger partial charge on any atom is 0.265 e. The highest BCUT2D eigenvalue weighted by atomic mass is 16.5. The van der Waals surface area contributed by atoms with E-state index < -0.39 is 6.10 Å². The molecular weight excluding hydrogens is 408 g/mol. The van der Waals surface area contributed by atoms with Crippen molar-refractivity contribution in [1.29, 1.82) is 0 Å². The minimum absolute atomic E-state index is 0.0902. The van der Waals surface area contributed by atoms with Gasteiger partial charge in [-0.3, -0.25) is 9.59 Å².